The molecular formula is C13H19NO2. The fourth-order valence-corrected chi connectivity index (χ4v) is 2.38. The number of phenolic OH excluding ortho intramolecular Hbond substituents is 1. The molecule has 0 aromatic heterocycles. The van der Waals surface area contributed by atoms with Gasteiger partial charge < -0.3 is 15.2 Å². The molecule has 1 aromatic rings. The van der Waals surface area contributed by atoms with Gasteiger partial charge in [-0.2, -0.15) is 0 Å². The molecule has 1 aliphatic heterocycles. The third-order valence-electron chi connectivity index (χ3n) is 3.23. The largest absolute Gasteiger partial charge is 0.508 e. The highest BCUT2D eigenvalue weighted by atomic mass is 16.5. The minimum absolute atomic E-state index is 0.339. The van der Waals surface area contributed by atoms with Crippen LogP contribution in [0.25, 0.3) is 0 Å². The Hall–Kier alpha value is -1.06. The number of aromatic hydroxyl groups is 1. The van der Waals surface area contributed by atoms with Gasteiger partial charge in [0, 0.05) is 13.2 Å². The number of ether oxygens (including phenoxy) is 1. The maximum atomic E-state index is 9.26. The van der Waals surface area contributed by atoms with Gasteiger partial charge in [0.25, 0.3) is 0 Å². The molecule has 0 aliphatic carbocycles. The molecule has 1 aromatic carbocycles. The van der Waals surface area contributed by atoms with Crippen molar-refractivity contribution in [1.29, 1.82) is 0 Å². The lowest BCUT2D eigenvalue weighted by atomic mass is 9.86. The molecule has 3 nitrogen and oxygen atoms in total. The van der Waals surface area contributed by atoms with Crippen molar-refractivity contribution in [3.63, 3.8) is 0 Å². The van der Waals surface area contributed by atoms with Gasteiger partial charge in [-0.1, -0.05) is 12.1 Å². The maximum Gasteiger partial charge on any atom is 0.115 e. The molecule has 0 spiro atoms. The Labute approximate surface area is 96.4 Å². The Morgan fingerprint density at radius 3 is 2.81 bits per heavy atom. The first-order valence-electron chi connectivity index (χ1n) is 5.81. The average molecular weight is 221 g/mol. The summed E-state index contributed by atoms with van der Waals surface area (Å²) in [5.74, 6) is 0.924. The van der Waals surface area contributed by atoms with E-state index in [1.54, 1.807) is 19.2 Å². The minimum Gasteiger partial charge on any atom is -0.508 e. The second-order valence-electron chi connectivity index (χ2n) is 4.42. The summed E-state index contributed by atoms with van der Waals surface area (Å²) in [4.78, 5) is 0. The first-order chi connectivity index (χ1) is 7.79. The first kappa shape index (κ1) is 11.4. The van der Waals surface area contributed by atoms with Crippen molar-refractivity contribution in [2.24, 2.45) is 0 Å². The fraction of sp³-hybridized carbons (Fsp3) is 0.538. The molecule has 1 fully saturated rings. The Balaban J connectivity index is 2.01. The van der Waals surface area contributed by atoms with Crippen molar-refractivity contribution in [3.8, 4) is 5.75 Å². The van der Waals surface area contributed by atoms with E-state index in [2.05, 4.69) is 5.32 Å². The van der Waals surface area contributed by atoms with Gasteiger partial charge in [0.15, 0.2) is 0 Å². The van der Waals surface area contributed by atoms with E-state index in [4.69, 9.17) is 4.74 Å². The molecule has 88 valence electrons. The number of piperidine rings is 1. The molecular weight excluding hydrogens is 202 g/mol. The molecule has 0 radical (unpaired) electrons. The molecule has 1 aliphatic rings. The number of nitrogens with one attached hydrogen (secondary N) is 1. The summed E-state index contributed by atoms with van der Waals surface area (Å²) in [6.07, 6.45) is 2.27. The smallest absolute Gasteiger partial charge is 0.115 e. The van der Waals surface area contributed by atoms with Crippen LogP contribution < -0.4 is 5.32 Å². The van der Waals surface area contributed by atoms with Gasteiger partial charge in [0.1, 0.15) is 5.75 Å². The van der Waals surface area contributed by atoms with E-state index in [1.807, 2.05) is 12.1 Å². The maximum absolute atomic E-state index is 9.26. The van der Waals surface area contributed by atoms with Gasteiger partial charge in [0.2, 0.25) is 0 Å². The Kier molecular flexibility index (Phi) is 3.80. The second-order valence-corrected chi connectivity index (χ2v) is 4.42. The van der Waals surface area contributed by atoms with Crippen LogP contribution in [0, 0.1) is 0 Å². The van der Waals surface area contributed by atoms with Crippen molar-refractivity contribution < 1.29 is 9.84 Å². The van der Waals surface area contributed by atoms with Gasteiger partial charge in [-0.25, -0.2) is 0 Å². The third-order valence-corrected chi connectivity index (χ3v) is 3.23. The van der Waals surface area contributed by atoms with Crippen LogP contribution in [0.3, 0.4) is 0 Å². The molecule has 1 saturated heterocycles. The minimum atomic E-state index is 0.339. The molecule has 2 unspecified atom stereocenters. The summed E-state index contributed by atoms with van der Waals surface area (Å²) in [7, 11) is 1.74. The molecule has 16 heavy (non-hydrogen) atoms. The lowest BCUT2D eigenvalue weighted by molar-refractivity contribution is 0.149. The zero-order chi connectivity index (χ0) is 11.4. The topological polar surface area (TPSA) is 41.5 Å². The third kappa shape index (κ3) is 2.74. The van der Waals surface area contributed by atoms with Gasteiger partial charge in [-0.3, -0.25) is 0 Å². The van der Waals surface area contributed by atoms with Gasteiger partial charge in [-0.05, 0) is 43.0 Å². The van der Waals surface area contributed by atoms with E-state index in [9.17, 15) is 5.11 Å². The molecule has 0 bridgehead atoms. The van der Waals surface area contributed by atoms with E-state index < -0.39 is 0 Å². The Bertz CT molecular complexity index is 321. The highest BCUT2D eigenvalue weighted by Crippen LogP contribution is 2.28. The molecule has 1 heterocycles. The van der Waals surface area contributed by atoms with Crippen LogP contribution in [0.2, 0.25) is 0 Å². The van der Waals surface area contributed by atoms with Crippen LogP contribution in [0.5, 0.6) is 5.75 Å². The summed E-state index contributed by atoms with van der Waals surface area (Å²) < 4.78 is 5.18. The number of methoxy groups -OCH3 is 1. The zero-order valence-electron chi connectivity index (χ0n) is 9.65. The summed E-state index contributed by atoms with van der Waals surface area (Å²) in [5.41, 5.74) is 1.32. The van der Waals surface area contributed by atoms with Crippen LogP contribution in [-0.2, 0) is 4.74 Å². The quantitative estimate of drug-likeness (QED) is 0.818. The normalized spacial score (nSPS) is 25.6. The highest BCUT2D eigenvalue weighted by molar-refractivity contribution is 5.28. The number of benzene rings is 1. The van der Waals surface area contributed by atoms with Crippen LogP contribution >= 0.6 is 0 Å². The molecule has 3 heteroatoms. The fourth-order valence-electron chi connectivity index (χ4n) is 2.38. The van der Waals surface area contributed by atoms with E-state index in [1.165, 1.54) is 5.56 Å². The summed E-state index contributed by atoms with van der Waals surface area (Å²) in [5, 5.41) is 12.7. The van der Waals surface area contributed by atoms with Crippen molar-refractivity contribution in [1.82, 2.24) is 5.32 Å². The van der Waals surface area contributed by atoms with Gasteiger partial charge in [-0.15, -0.1) is 0 Å². The van der Waals surface area contributed by atoms with Gasteiger partial charge in [0.05, 0.1) is 6.61 Å². The van der Waals surface area contributed by atoms with Crippen LogP contribution in [-0.4, -0.2) is 31.4 Å². The van der Waals surface area contributed by atoms with Crippen molar-refractivity contribution >= 4 is 0 Å². The number of phenols is 1. The molecule has 2 rings (SSSR count). The lowest BCUT2D eigenvalue weighted by Crippen LogP contribution is -2.40. The predicted octanol–water partition coefficient (Wildman–Crippen LogP) is 1.87. The van der Waals surface area contributed by atoms with Crippen LogP contribution in [0.4, 0.5) is 0 Å². The van der Waals surface area contributed by atoms with Crippen molar-refractivity contribution in [2.75, 3.05) is 20.3 Å². The second kappa shape index (κ2) is 5.32. The predicted molar refractivity (Wildman–Crippen MR) is 63.7 cm³/mol. The SMILES string of the molecule is COCC1CC(c2ccc(O)cc2)CCN1. The standard InChI is InChI=1S/C13H19NO2/c1-16-9-12-8-11(6-7-14-12)10-2-4-13(15)5-3-10/h2-5,11-12,14-15H,6-9H2,1H3. The van der Waals surface area contributed by atoms with E-state index in [0.717, 1.165) is 26.0 Å². The van der Waals surface area contributed by atoms with E-state index >= 15 is 0 Å². The molecule has 2 N–H and O–H groups in total. The van der Waals surface area contributed by atoms with Crippen LogP contribution in [0.15, 0.2) is 24.3 Å². The van der Waals surface area contributed by atoms with Crippen molar-refractivity contribution in [2.45, 2.75) is 24.8 Å². The summed E-state index contributed by atoms with van der Waals surface area (Å²) in [6.45, 7) is 1.81. The zero-order valence-corrected chi connectivity index (χ0v) is 9.65. The highest BCUT2D eigenvalue weighted by Gasteiger charge is 2.22. The summed E-state index contributed by atoms with van der Waals surface area (Å²) in [6, 6.07) is 8.04. The number of hydrogen-bond donors (Lipinski definition) is 2. The Morgan fingerprint density at radius 2 is 2.12 bits per heavy atom. The molecule has 0 amide bonds. The van der Waals surface area contributed by atoms with E-state index in [0.29, 0.717) is 17.7 Å². The number of hydrogen-bond acceptors (Lipinski definition) is 3. The van der Waals surface area contributed by atoms with Gasteiger partial charge >= 0.3 is 0 Å². The Morgan fingerprint density at radius 1 is 1.38 bits per heavy atom. The lowest BCUT2D eigenvalue weighted by Gasteiger charge is -2.30. The molecule has 2 atom stereocenters. The van der Waals surface area contributed by atoms with Crippen molar-refractivity contribution in [3.05, 3.63) is 29.8 Å². The number of rotatable bonds is 3. The monoisotopic (exact) mass is 221 g/mol. The van der Waals surface area contributed by atoms with Crippen LogP contribution in [0.1, 0.15) is 24.3 Å². The molecule has 0 saturated carbocycles. The van der Waals surface area contributed by atoms with E-state index in [-0.39, 0.29) is 0 Å². The first-order valence-corrected chi connectivity index (χ1v) is 5.81. The summed E-state index contributed by atoms with van der Waals surface area (Å²) >= 11 is 0. The average Bonchev–Trinajstić information content (AvgIpc) is 2.31.